The van der Waals surface area contributed by atoms with Crippen LogP contribution < -0.4 is 64.6 Å². The van der Waals surface area contributed by atoms with Crippen LogP contribution in [0.15, 0.2) is 85.1 Å². The molecule has 31 heteroatoms. The number of hydrogen-bond acceptors (Lipinski definition) is 18. The molecule has 0 saturated carbocycles. The van der Waals surface area contributed by atoms with Crippen molar-refractivity contribution in [1.29, 1.82) is 0 Å². The maximum atomic E-state index is 15.0. The molecule has 1 aliphatic rings. The van der Waals surface area contributed by atoms with Gasteiger partial charge in [0.15, 0.2) is 0 Å². The normalized spacial score (nSPS) is 16.3. The number of esters is 1. The number of hydrogen-bond donors (Lipinski definition) is 16. The van der Waals surface area contributed by atoms with Gasteiger partial charge in [0.1, 0.15) is 66.2 Å². The predicted octanol–water partition coefficient (Wildman–Crippen LogP) is 0.952. The molecule has 103 heavy (non-hydrogen) atoms. The number of aliphatic carboxylic acids is 1. The third-order valence-electron chi connectivity index (χ3n) is 18.0. The second-order valence-corrected chi connectivity index (χ2v) is 27.1. The van der Waals surface area contributed by atoms with E-state index < -0.39 is 180 Å². The number of aromatic hydroxyl groups is 1. The van der Waals surface area contributed by atoms with Crippen LogP contribution in [0.25, 0.3) is 10.9 Å². The smallest absolute Gasteiger partial charge is 0.329 e. The van der Waals surface area contributed by atoms with E-state index in [1.165, 1.54) is 19.1 Å². The summed E-state index contributed by atoms with van der Waals surface area (Å²) in [5, 5.41) is 47.1. The number of fused-ring (bicyclic) bond motifs is 1. The van der Waals surface area contributed by atoms with Crippen LogP contribution in [-0.2, 0) is 86.3 Å². The van der Waals surface area contributed by atoms with E-state index in [1.54, 1.807) is 114 Å². The first kappa shape index (κ1) is 84.0. The van der Waals surface area contributed by atoms with Gasteiger partial charge in [-0.25, -0.2) is 4.79 Å². The Morgan fingerprint density at radius 1 is 0.602 bits per heavy atom. The Labute approximate surface area is 605 Å². The van der Waals surface area contributed by atoms with E-state index >= 15 is 0 Å². The van der Waals surface area contributed by atoms with Gasteiger partial charge in [-0.1, -0.05) is 115 Å². The van der Waals surface area contributed by atoms with Gasteiger partial charge in [0.05, 0.1) is 25.1 Å². The number of carboxylic acids is 1. The number of aromatic amines is 1. The van der Waals surface area contributed by atoms with Crippen LogP contribution in [0.3, 0.4) is 0 Å². The highest BCUT2D eigenvalue weighted by Gasteiger charge is 2.42. The molecule has 17 N–H and O–H groups in total. The lowest BCUT2D eigenvalue weighted by atomic mass is 9.94. The summed E-state index contributed by atoms with van der Waals surface area (Å²) >= 11 is 4.15. The van der Waals surface area contributed by atoms with E-state index in [2.05, 4.69) is 70.8 Å². The second-order valence-electron chi connectivity index (χ2n) is 26.8. The van der Waals surface area contributed by atoms with E-state index in [0.717, 1.165) is 4.90 Å². The minimum Gasteiger partial charge on any atom is -0.508 e. The molecule has 30 nitrogen and oxygen atoms in total. The van der Waals surface area contributed by atoms with Gasteiger partial charge in [-0.15, -0.1) is 0 Å². The van der Waals surface area contributed by atoms with Gasteiger partial charge in [-0.2, -0.15) is 12.6 Å². The molecule has 0 bridgehead atoms. The molecule has 0 spiro atoms. The van der Waals surface area contributed by atoms with Crippen LogP contribution >= 0.6 is 12.6 Å². The van der Waals surface area contributed by atoms with Crippen LogP contribution in [0.1, 0.15) is 130 Å². The molecule has 0 unspecified atom stereocenters. The highest BCUT2D eigenvalue weighted by Crippen LogP contribution is 2.23. The fourth-order valence-electron chi connectivity index (χ4n) is 11.6. The summed E-state index contributed by atoms with van der Waals surface area (Å²) in [6.07, 6.45) is 2.01. The van der Waals surface area contributed by atoms with Gasteiger partial charge >= 0.3 is 11.9 Å². The van der Waals surface area contributed by atoms with Crippen LogP contribution in [0, 0.1) is 17.8 Å². The number of H-pyrrole nitrogens is 1. The average Bonchev–Trinajstić information content (AvgIpc) is 1.76. The summed E-state index contributed by atoms with van der Waals surface area (Å²) in [7, 11) is 0. The molecular weight excluding hydrogens is 1350 g/mol. The van der Waals surface area contributed by atoms with Gasteiger partial charge in [0, 0.05) is 42.2 Å². The first-order valence-corrected chi connectivity index (χ1v) is 35.7. The highest BCUT2D eigenvalue weighted by atomic mass is 32.1. The lowest BCUT2D eigenvalue weighted by molar-refractivity contribution is -0.151. The van der Waals surface area contributed by atoms with E-state index in [-0.39, 0.29) is 63.1 Å². The summed E-state index contributed by atoms with van der Waals surface area (Å²) in [5.74, 6) is -12.7. The number of carbonyl (C=O) groups excluding carboxylic acids is 12. The predicted molar refractivity (Wildman–Crippen MR) is 387 cm³/mol. The number of unbranched alkanes of at least 4 members (excludes halogenated alkanes) is 1. The second kappa shape index (κ2) is 41.5. The molecule has 1 aromatic heterocycles. The third kappa shape index (κ3) is 26.0. The monoisotopic (exact) mass is 1450 g/mol. The van der Waals surface area contributed by atoms with Crippen LogP contribution in [0.2, 0.25) is 0 Å². The first-order chi connectivity index (χ1) is 48.9. The number of thiol groups is 1. The maximum Gasteiger partial charge on any atom is 0.329 e. The summed E-state index contributed by atoms with van der Waals surface area (Å²) < 4.78 is 5.19. The number of phenolic OH excluding ortho intramolecular Hbond substituents is 1. The van der Waals surface area contributed by atoms with E-state index in [4.69, 9.17) is 16.2 Å². The molecule has 11 amide bonds. The number of ether oxygens (including phenoxy) is 1. The van der Waals surface area contributed by atoms with Gasteiger partial charge in [0.25, 0.3) is 0 Å². The van der Waals surface area contributed by atoms with E-state index in [9.17, 15) is 72.5 Å². The molecular formula is C72H104N14O16S. The number of carbonyl (C=O) groups is 13. The zero-order chi connectivity index (χ0) is 76.2. The van der Waals surface area contributed by atoms with Gasteiger partial charge in [0.2, 0.25) is 65.0 Å². The number of nitrogens with one attached hydrogen (secondary N) is 11. The van der Waals surface area contributed by atoms with E-state index in [1.807, 2.05) is 13.8 Å². The minimum absolute atomic E-state index is 0.0396. The molecule has 564 valence electrons. The number of benzene rings is 3. The number of nitrogens with zero attached hydrogens (tertiary/aromatic N) is 1. The molecule has 2 heterocycles. The largest absolute Gasteiger partial charge is 0.508 e. The summed E-state index contributed by atoms with van der Waals surface area (Å²) in [4.78, 5) is 185. The molecule has 1 saturated heterocycles. The van der Waals surface area contributed by atoms with Crippen molar-refractivity contribution in [2.45, 2.75) is 206 Å². The van der Waals surface area contributed by atoms with Crippen molar-refractivity contribution in [3.63, 3.8) is 0 Å². The Morgan fingerprint density at radius 3 is 1.76 bits per heavy atom. The fourth-order valence-corrected chi connectivity index (χ4v) is 11.8. The van der Waals surface area contributed by atoms with Crippen molar-refractivity contribution in [3.05, 3.63) is 102 Å². The molecule has 4 aromatic rings. The zero-order valence-corrected chi connectivity index (χ0v) is 60.9. The zero-order valence-electron chi connectivity index (χ0n) is 60.0. The van der Waals surface area contributed by atoms with Crippen LogP contribution in [0.5, 0.6) is 5.75 Å². The summed E-state index contributed by atoms with van der Waals surface area (Å²) in [6, 6.07) is 7.36. The number of carboxylic acid groups (broad SMARTS) is 1. The number of para-hydroxylation sites is 1. The number of rotatable bonds is 41. The first-order valence-electron chi connectivity index (χ1n) is 35.1. The minimum atomic E-state index is -1.81. The third-order valence-corrected chi connectivity index (χ3v) is 18.3. The molecule has 1 aliphatic heterocycles. The Kier molecular flexibility index (Phi) is 33.8. The summed E-state index contributed by atoms with van der Waals surface area (Å²) in [5.41, 5.74) is 14.5. The van der Waals surface area contributed by atoms with Gasteiger partial charge in [-0.05, 0) is 118 Å². The quantitative estimate of drug-likeness (QED) is 0.0167. The molecule has 13 atom stereocenters. The lowest BCUT2D eigenvalue weighted by Crippen LogP contribution is -2.61. The van der Waals surface area contributed by atoms with Crippen molar-refractivity contribution < 1.29 is 77.3 Å². The van der Waals surface area contributed by atoms with Crippen molar-refractivity contribution in [3.8, 4) is 5.75 Å². The van der Waals surface area contributed by atoms with Gasteiger partial charge < -0.3 is 89.5 Å². The Hall–Kier alpha value is -9.62. The Balaban J connectivity index is 1.33. The highest BCUT2D eigenvalue weighted by molar-refractivity contribution is 7.80. The number of aromatic nitrogens is 1. The molecule has 3 aromatic carbocycles. The number of amides is 11. The number of phenols is 1. The molecule has 5 rings (SSSR count). The molecule has 0 radical (unpaired) electrons. The Morgan fingerprint density at radius 2 is 1.16 bits per heavy atom. The standard InChI is InChI=1S/C72H104N14O16S/c1-10-41(7)60(85-70(99)61(42(8)11-2)84-63(92)49(74)32-45-26-28-47(87)29-27-45)69(98)78-51(24-17-18-30-73)64(93)76-37-57(88)83-59(39(3)4)68(97)80-52(33-44-20-13-12-14-21-44)65(94)79-53(34-46-36-75-50-23-16-15-22-48(46)50)66(95)81-54(35-58(89)90)71(100)86-31-19-25-56(86)67(96)77-43(9)62(91)82-55(38-103)72(101)102-40(5)6/h12-16,20-23,26-29,36,39-43,49,51-56,59-61,75,87,103H,10-11,17-19,24-25,30-35,37-38,73-74H2,1-9H3,(H,76,93)(H,77,96)(H,78,98)(H,79,94)(H,80,97)(H,81,95)(H,82,91)(H,83,88)(H,84,92)(H,85,99)(H,89,90)/t41-,42-,43-,49-,51-,52-,53-,54-,55-,56-,59-,60-,61-/m0/s1. The molecule has 0 aliphatic carbocycles. The van der Waals surface area contributed by atoms with Gasteiger partial charge in [-0.3, -0.25) is 57.5 Å². The van der Waals surface area contributed by atoms with Crippen molar-refractivity contribution in [1.82, 2.24) is 63.1 Å². The van der Waals surface area contributed by atoms with Crippen molar-refractivity contribution in [2.75, 3.05) is 25.4 Å². The number of nitrogens with two attached hydrogens (primary N) is 2. The fraction of sp³-hybridized carbons (Fsp3) is 0.542. The van der Waals surface area contributed by atoms with Crippen LogP contribution in [0.4, 0.5) is 0 Å². The van der Waals surface area contributed by atoms with E-state index in [0.29, 0.717) is 53.3 Å². The molecule has 1 fully saturated rings. The lowest BCUT2D eigenvalue weighted by Gasteiger charge is -2.30. The van der Waals surface area contributed by atoms with Crippen LogP contribution in [-0.4, -0.2) is 195 Å². The average molecular weight is 1450 g/mol. The topological polar surface area (TPSA) is 463 Å². The summed E-state index contributed by atoms with van der Waals surface area (Å²) in [6.45, 7) is 14.5. The number of likely N-dealkylation sites (tertiary alicyclic amines) is 1. The SMILES string of the molecule is CC[C@H](C)[C@H](NC(=O)[C@@H](NC(=O)[C@@H](N)Cc1ccc(O)cc1)[C@@H](C)CC)C(=O)N[C@@H](CCCCN)C(=O)NCC(=O)N[C@H](C(=O)N[C@@H](Cc1ccccc1)C(=O)N[C@@H](Cc1c[nH]c2ccccc12)C(=O)N[C@@H](CC(=O)O)C(=O)N1CCC[C@H]1C(=O)N[C@@H](C)C(=O)N[C@@H](CS)C(=O)OC(C)C)C(C)C. The maximum absolute atomic E-state index is 15.0. The van der Waals surface area contributed by atoms with Crippen molar-refractivity contribution in [2.24, 2.45) is 29.2 Å². The Bertz CT molecular complexity index is 3560. The van der Waals surface area contributed by atoms with Crippen molar-refractivity contribution >= 4 is 100 Å².